The molecule has 0 N–H and O–H groups in total. The second-order valence-corrected chi connectivity index (χ2v) is 5.10. The van der Waals surface area contributed by atoms with Gasteiger partial charge in [-0.2, -0.15) is 45.4 Å². The van der Waals surface area contributed by atoms with E-state index in [0.29, 0.717) is 0 Å². The van der Waals surface area contributed by atoms with E-state index < -0.39 is 0 Å². The van der Waals surface area contributed by atoms with E-state index in [2.05, 4.69) is 50.9 Å². The zero-order valence-corrected chi connectivity index (χ0v) is 17.5. The monoisotopic (exact) mass is 388 g/mol. The fraction of sp³-hybridized carbons (Fsp3) is 0.333. The van der Waals surface area contributed by atoms with Gasteiger partial charge in [-0.15, -0.1) is 0 Å². The molecule has 0 aliphatic heterocycles. The molecule has 96 valence electrons. The minimum absolute atomic E-state index is 0. The predicted octanol–water partition coefficient (Wildman–Crippen LogP) is -1.73. The van der Waals surface area contributed by atoms with E-state index in [1.54, 1.807) is 0 Å². The number of rotatable bonds is 0. The van der Waals surface area contributed by atoms with Crippen molar-refractivity contribution in [3.05, 3.63) is 45.4 Å². The van der Waals surface area contributed by atoms with Crippen LogP contribution in [0.5, 0.6) is 0 Å². The molecule has 2 atom stereocenters. The van der Waals surface area contributed by atoms with Gasteiger partial charge in [-0.25, -0.2) is 0 Å². The molecule has 0 bridgehead atoms. The molecule has 18 heavy (non-hydrogen) atoms. The minimum Gasteiger partial charge on any atom is -1.00 e. The van der Waals surface area contributed by atoms with Crippen LogP contribution in [0.4, 0.5) is 0 Å². The first-order valence-electron chi connectivity index (χ1n) is 4.65. The second kappa shape index (κ2) is 15.0. The van der Waals surface area contributed by atoms with Crippen molar-refractivity contribution in [1.29, 1.82) is 0 Å². The summed E-state index contributed by atoms with van der Waals surface area (Å²) in [5.74, 6) is 10.9. The van der Waals surface area contributed by atoms with Crippen molar-refractivity contribution in [2.75, 3.05) is 0 Å². The number of halogens is 2. The van der Waals surface area contributed by atoms with Crippen molar-refractivity contribution in [2.24, 2.45) is 0 Å². The minimum atomic E-state index is 0. The molecule has 0 fully saturated rings. The van der Waals surface area contributed by atoms with Crippen molar-refractivity contribution >= 4 is 16.4 Å². The van der Waals surface area contributed by atoms with Gasteiger partial charge < -0.3 is 24.8 Å². The van der Waals surface area contributed by atoms with E-state index in [9.17, 15) is 0 Å². The van der Waals surface area contributed by atoms with Crippen LogP contribution in [0.2, 0.25) is 0 Å². The van der Waals surface area contributed by atoms with Crippen molar-refractivity contribution in [3.63, 3.8) is 0 Å². The van der Waals surface area contributed by atoms with Gasteiger partial charge in [-0.1, -0.05) is 27.7 Å². The van der Waals surface area contributed by atoms with Crippen LogP contribution in [-0.4, -0.2) is 0 Å². The summed E-state index contributed by atoms with van der Waals surface area (Å²) in [6.07, 6.45) is 0. The maximum Gasteiger partial charge on any atom is 2.00 e. The smallest absolute Gasteiger partial charge is 1.00 e. The molecule has 2 rings (SSSR count). The summed E-state index contributed by atoms with van der Waals surface area (Å²) in [5.41, 5.74) is 5.47. The molecule has 0 spiro atoms. The summed E-state index contributed by atoms with van der Waals surface area (Å²) in [6.45, 7) is 8.46. The molecule has 0 amide bonds. The predicted molar refractivity (Wildman–Crippen MR) is 68.5 cm³/mol. The second-order valence-electron chi connectivity index (χ2n) is 3.44. The van der Waals surface area contributed by atoms with Crippen molar-refractivity contribution < 1.29 is 68.2 Å². The molecular weight excluding hydrogens is 373 g/mol. The first-order valence-corrected chi connectivity index (χ1v) is 6.81. The molecular formula is C12H16Cl2P2Ti2. The van der Waals surface area contributed by atoms with E-state index >= 15 is 0 Å². The summed E-state index contributed by atoms with van der Waals surface area (Å²) in [5, 5.41) is 0. The molecule has 0 radical (unpaired) electrons. The Bertz CT molecular complexity index is 329. The summed E-state index contributed by atoms with van der Waals surface area (Å²) in [6, 6.07) is 0. The first kappa shape index (κ1) is 27.8. The van der Waals surface area contributed by atoms with Gasteiger partial charge in [0.1, 0.15) is 0 Å². The maximum atomic E-state index is 3.22. The van der Waals surface area contributed by atoms with E-state index in [1.807, 2.05) is 0 Å². The summed E-state index contributed by atoms with van der Waals surface area (Å²) < 4.78 is 0. The van der Waals surface area contributed by atoms with Gasteiger partial charge in [0.05, 0.1) is 0 Å². The Hall–Kier alpha value is 1.57. The quantitative estimate of drug-likeness (QED) is 0.372. The van der Waals surface area contributed by atoms with E-state index in [4.69, 9.17) is 0 Å². The van der Waals surface area contributed by atoms with Crippen molar-refractivity contribution in [3.8, 4) is 0 Å². The third-order valence-corrected chi connectivity index (χ3v) is 4.47. The molecule has 2 unspecified atom stereocenters. The topological polar surface area (TPSA) is 0 Å². The zero-order valence-electron chi connectivity index (χ0n) is 10.9. The molecule has 0 aliphatic carbocycles. The Morgan fingerprint density at radius 3 is 1.06 bits per heavy atom. The van der Waals surface area contributed by atoms with Gasteiger partial charge >= 0.3 is 43.4 Å². The molecule has 6 heteroatoms. The van der Waals surface area contributed by atoms with E-state index in [-0.39, 0.29) is 68.2 Å². The molecule has 0 saturated heterocycles. The number of aryl methyl sites for hydroxylation is 4. The van der Waals surface area contributed by atoms with Crippen molar-refractivity contribution in [1.82, 2.24) is 0 Å². The Morgan fingerprint density at radius 1 is 0.722 bits per heavy atom. The molecule has 0 aliphatic rings. The summed E-state index contributed by atoms with van der Waals surface area (Å²) >= 11 is 0. The number of hydrogen-bond donors (Lipinski definition) is 0. The summed E-state index contributed by atoms with van der Waals surface area (Å²) in [4.78, 5) is 0. The maximum absolute atomic E-state index is 3.22. The molecule has 0 aromatic carbocycles. The Morgan fingerprint density at radius 2 is 1.00 bits per heavy atom. The van der Waals surface area contributed by atoms with Crippen molar-refractivity contribution in [2.45, 2.75) is 27.7 Å². The Kier molecular flexibility index (Phi) is 23.1. The van der Waals surface area contributed by atoms with Crippen LogP contribution in [0.25, 0.3) is 0 Å². The zero-order chi connectivity index (χ0) is 10.6. The molecule has 0 saturated carbocycles. The summed E-state index contributed by atoms with van der Waals surface area (Å²) in [7, 11) is 1.64. The van der Waals surface area contributed by atoms with E-state index in [1.165, 1.54) is 22.3 Å². The normalized spacial score (nSPS) is 8.22. The third kappa shape index (κ3) is 10.4. The molecule has 2 aromatic rings. The van der Waals surface area contributed by atoms with Crippen LogP contribution in [0, 0.1) is 39.3 Å². The third-order valence-electron chi connectivity index (χ3n) is 2.28. The van der Waals surface area contributed by atoms with Crippen LogP contribution in [0.15, 0.2) is 11.6 Å². The van der Waals surface area contributed by atoms with Crippen LogP contribution >= 0.6 is 16.4 Å². The molecule has 0 nitrogen and oxygen atoms in total. The molecule has 2 heterocycles. The Balaban J connectivity index is -0.0000000891. The van der Waals surface area contributed by atoms with Gasteiger partial charge in [-0.05, 0) is 0 Å². The van der Waals surface area contributed by atoms with Gasteiger partial charge in [0.25, 0.3) is 0 Å². The van der Waals surface area contributed by atoms with Gasteiger partial charge in [-0.3, -0.25) is 16.4 Å². The van der Waals surface area contributed by atoms with Crippen LogP contribution in [-0.2, 0) is 43.4 Å². The number of hydrogen-bond acceptors (Lipinski definition) is 0. The largest absolute Gasteiger partial charge is 2.00 e. The average Bonchev–Trinajstić information content (AvgIpc) is 2.67. The van der Waals surface area contributed by atoms with Gasteiger partial charge in [0.2, 0.25) is 0 Å². The average molecular weight is 389 g/mol. The van der Waals surface area contributed by atoms with Gasteiger partial charge in [0, 0.05) is 0 Å². The SMILES string of the molecule is Cc1[c-][pH]cc1C.Cc1[c-][pH]cc1C.[Cl-].[Cl-].[Ti+2].[Ti+2]. The van der Waals surface area contributed by atoms with Crippen LogP contribution in [0.3, 0.4) is 0 Å². The Labute approximate surface area is 156 Å². The fourth-order valence-corrected chi connectivity index (χ4v) is 2.76. The van der Waals surface area contributed by atoms with Crippen LogP contribution in [0.1, 0.15) is 22.3 Å². The fourth-order valence-electron chi connectivity index (χ4n) is 0.919. The van der Waals surface area contributed by atoms with Gasteiger partial charge in [0.15, 0.2) is 0 Å². The van der Waals surface area contributed by atoms with Crippen LogP contribution < -0.4 is 24.8 Å². The molecule has 2 aromatic heterocycles. The first-order chi connectivity index (χ1) is 6.61. The standard InChI is InChI=1S/2C6H8P.2ClH.2Ti/c2*1-5-3-7-4-6(5)2;;;;/h2*3,7H,1-2H3;2*1H;;/q2*-1;;;2*+2/p-2. The van der Waals surface area contributed by atoms with E-state index in [0.717, 1.165) is 16.4 Å².